The monoisotopic (exact) mass is 506 g/mol. The molecule has 3 heterocycles. The van der Waals surface area contributed by atoms with Crippen LogP contribution in [0.3, 0.4) is 0 Å². The zero-order valence-corrected chi connectivity index (χ0v) is 21.1. The minimum Gasteiger partial charge on any atom is -0.270 e. The molecule has 0 saturated carbocycles. The van der Waals surface area contributed by atoms with E-state index in [-0.39, 0.29) is 0 Å². The molecule has 0 aliphatic heterocycles. The highest BCUT2D eigenvalue weighted by Gasteiger charge is 2.12. The molecule has 0 unspecified atom stereocenters. The Morgan fingerprint density at radius 2 is 1.44 bits per heavy atom. The van der Waals surface area contributed by atoms with Crippen molar-refractivity contribution in [2.45, 2.75) is 6.92 Å². The summed E-state index contributed by atoms with van der Waals surface area (Å²) in [4.78, 5) is 34.9. The van der Waals surface area contributed by atoms with E-state index < -0.39 is 0 Å². The fourth-order valence-electron chi connectivity index (χ4n) is 4.56. The van der Waals surface area contributed by atoms with Crippen molar-refractivity contribution in [3.8, 4) is 33.6 Å². The third kappa shape index (κ3) is 4.67. The molecule has 8 nitrogen and oxygen atoms in total. The molecule has 0 bridgehead atoms. The van der Waals surface area contributed by atoms with Crippen LogP contribution in [0.2, 0.25) is 0 Å². The normalized spacial score (nSPS) is 11.9. The van der Waals surface area contributed by atoms with E-state index >= 15 is 0 Å². The third-order valence-corrected chi connectivity index (χ3v) is 6.33. The molecular weight excluding hydrogens is 484 g/mol. The highest BCUT2D eigenvalue weighted by atomic mass is 14.9. The third-order valence-electron chi connectivity index (χ3n) is 6.33. The second kappa shape index (κ2) is 10.5. The molecule has 8 heteroatoms. The van der Waals surface area contributed by atoms with Gasteiger partial charge in [-0.2, -0.15) is 0 Å². The maximum Gasteiger partial charge on any atom is 0.116 e. The maximum absolute atomic E-state index is 4.50. The molecule has 6 rings (SSSR count). The molecule has 0 radical (unpaired) electrons. The first-order valence-corrected chi connectivity index (χ1v) is 12.3. The molecule has 0 amide bonds. The van der Waals surface area contributed by atoms with E-state index in [1.54, 1.807) is 43.7 Å². The van der Waals surface area contributed by atoms with E-state index in [0.29, 0.717) is 17.1 Å². The maximum atomic E-state index is 4.50. The van der Waals surface area contributed by atoms with Crippen LogP contribution in [0, 0.1) is 0 Å². The Bertz CT molecular complexity index is 1890. The Morgan fingerprint density at radius 1 is 0.744 bits per heavy atom. The number of fused-ring (bicyclic) bond motifs is 2. The number of aromatic nitrogens is 6. The fraction of sp³-hybridized carbons (Fsp3) is 0.0323. The minimum absolute atomic E-state index is 0.628. The topological polar surface area (TPSA) is 102 Å². The quantitative estimate of drug-likeness (QED) is 0.240. The average Bonchev–Trinajstić information content (AvgIpc) is 3.00. The van der Waals surface area contributed by atoms with Crippen LogP contribution < -0.4 is 0 Å². The van der Waals surface area contributed by atoms with Gasteiger partial charge in [0.05, 0.1) is 23.4 Å². The number of nitrogens with zero attached hydrogens (tertiary/aromatic N) is 8. The van der Waals surface area contributed by atoms with E-state index in [1.807, 2.05) is 19.1 Å². The van der Waals surface area contributed by atoms with Gasteiger partial charge in [-0.15, -0.1) is 0 Å². The van der Waals surface area contributed by atoms with Gasteiger partial charge in [-0.1, -0.05) is 30.3 Å². The highest BCUT2D eigenvalue weighted by Crippen LogP contribution is 2.33. The van der Waals surface area contributed by atoms with Crippen LogP contribution in [0.5, 0.6) is 0 Å². The van der Waals surface area contributed by atoms with Gasteiger partial charge in [-0.05, 0) is 66.2 Å². The summed E-state index contributed by atoms with van der Waals surface area (Å²) in [6.07, 6.45) is 11.4. The Morgan fingerprint density at radius 3 is 2.13 bits per heavy atom. The highest BCUT2D eigenvalue weighted by molar-refractivity contribution is 5.95. The summed E-state index contributed by atoms with van der Waals surface area (Å²) in [5, 5.41) is 1.80. The Kier molecular flexibility index (Phi) is 6.41. The molecule has 3 aromatic heterocycles. The van der Waals surface area contributed by atoms with Crippen LogP contribution in [-0.4, -0.2) is 42.8 Å². The number of rotatable bonds is 6. The van der Waals surface area contributed by atoms with Gasteiger partial charge in [-0.3, -0.25) is 20.0 Å². The Hall–Kier alpha value is -5.50. The second-order valence-corrected chi connectivity index (χ2v) is 8.66. The molecule has 6 aromatic rings. The molecule has 0 atom stereocenters. The number of benzene rings is 3. The fourth-order valence-corrected chi connectivity index (χ4v) is 4.56. The largest absolute Gasteiger partial charge is 0.270 e. The van der Waals surface area contributed by atoms with E-state index in [2.05, 4.69) is 95.1 Å². The summed E-state index contributed by atoms with van der Waals surface area (Å²) in [5.74, 6) is 0. The zero-order chi connectivity index (χ0) is 26.6. The van der Waals surface area contributed by atoms with Crippen LogP contribution in [0.1, 0.15) is 12.6 Å². The summed E-state index contributed by atoms with van der Waals surface area (Å²) in [5.41, 5.74) is 8.68. The lowest BCUT2D eigenvalue weighted by Crippen LogP contribution is -1.93. The van der Waals surface area contributed by atoms with Crippen molar-refractivity contribution in [3.63, 3.8) is 0 Å². The second-order valence-electron chi connectivity index (χ2n) is 8.66. The van der Waals surface area contributed by atoms with Crippen molar-refractivity contribution >= 4 is 40.4 Å². The van der Waals surface area contributed by atoms with Crippen LogP contribution >= 0.6 is 0 Å². The first-order valence-electron chi connectivity index (χ1n) is 12.3. The van der Waals surface area contributed by atoms with Gasteiger partial charge >= 0.3 is 0 Å². The van der Waals surface area contributed by atoms with Gasteiger partial charge in [0.25, 0.3) is 0 Å². The number of aliphatic imine (C=N–C) groups is 2. The van der Waals surface area contributed by atoms with Gasteiger partial charge < -0.3 is 0 Å². The molecule has 0 N–H and O–H groups in total. The molecule has 0 saturated heterocycles. The van der Waals surface area contributed by atoms with Crippen LogP contribution in [-0.2, 0) is 0 Å². The van der Waals surface area contributed by atoms with E-state index in [0.717, 1.165) is 49.8 Å². The molecule has 186 valence electrons. The van der Waals surface area contributed by atoms with E-state index in [1.165, 1.54) is 0 Å². The molecule has 39 heavy (non-hydrogen) atoms. The van der Waals surface area contributed by atoms with Gasteiger partial charge in [0, 0.05) is 29.4 Å². The predicted octanol–water partition coefficient (Wildman–Crippen LogP) is 6.45. The summed E-state index contributed by atoms with van der Waals surface area (Å²) in [6.45, 7) is 5.43. The molecule has 0 aliphatic rings. The van der Waals surface area contributed by atoms with E-state index in [9.17, 15) is 0 Å². The van der Waals surface area contributed by atoms with Crippen molar-refractivity contribution < 1.29 is 0 Å². The summed E-state index contributed by atoms with van der Waals surface area (Å²) >= 11 is 0. The van der Waals surface area contributed by atoms with Crippen molar-refractivity contribution in [1.29, 1.82) is 0 Å². The van der Waals surface area contributed by atoms with Crippen LogP contribution in [0.4, 0.5) is 0 Å². The number of hydrogen-bond acceptors (Lipinski definition) is 8. The van der Waals surface area contributed by atoms with Crippen molar-refractivity contribution in [2.75, 3.05) is 0 Å². The predicted molar refractivity (Wildman–Crippen MR) is 156 cm³/mol. The first kappa shape index (κ1) is 23.9. The standard InChI is InChI=1S/C31H22N8/c1-3-34-28(16-32-2)30-24-14-22(7-9-26(24)36-18-38-30)20-5-4-6-21(13-20)23-8-10-27-25(15-23)31(39-19-37-27)29-17-33-11-12-35-29/h3-19H,2H2,1H3/b28-16-,34-3-. The lowest BCUT2D eigenvalue weighted by atomic mass is 9.96. The first-order chi connectivity index (χ1) is 19.2. The SMILES string of the molecule is C=N/C=C(\N=C/C)c1ncnc2ccc(-c3cccc(-c4ccc5ncnc(-c6cnccn6)c5c4)c3)cc12. The van der Waals surface area contributed by atoms with Crippen LogP contribution in [0.15, 0.2) is 108 Å². The smallest absolute Gasteiger partial charge is 0.116 e. The molecule has 3 aromatic carbocycles. The zero-order valence-electron chi connectivity index (χ0n) is 21.1. The Balaban J connectivity index is 1.45. The van der Waals surface area contributed by atoms with Gasteiger partial charge in [0.1, 0.15) is 35.4 Å². The van der Waals surface area contributed by atoms with Gasteiger partial charge in [-0.25, -0.2) is 19.9 Å². The molecule has 0 aliphatic carbocycles. The van der Waals surface area contributed by atoms with Crippen molar-refractivity contribution in [2.24, 2.45) is 9.98 Å². The van der Waals surface area contributed by atoms with Crippen molar-refractivity contribution in [3.05, 3.63) is 104 Å². The molecule has 0 fully saturated rings. The molecular formula is C31H22N8. The minimum atomic E-state index is 0.628. The van der Waals surface area contributed by atoms with E-state index in [4.69, 9.17) is 0 Å². The van der Waals surface area contributed by atoms with Gasteiger partial charge in [0.2, 0.25) is 0 Å². The lowest BCUT2D eigenvalue weighted by molar-refractivity contribution is 1.16. The number of hydrogen-bond donors (Lipinski definition) is 0. The van der Waals surface area contributed by atoms with Crippen molar-refractivity contribution in [1.82, 2.24) is 29.9 Å². The summed E-state index contributed by atoms with van der Waals surface area (Å²) in [6, 6.07) is 20.8. The van der Waals surface area contributed by atoms with Gasteiger partial charge in [0.15, 0.2) is 0 Å². The Labute approximate surface area is 224 Å². The summed E-state index contributed by atoms with van der Waals surface area (Å²) < 4.78 is 0. The van der Waals surface area contributed by atoms with Crippen LogP contribution in [0.25, 0.3) is 61.1 Å². The molecule has 0 spiro atoms. The lowest BCUT2D eigenvalue weighted by Gasteiger charge is -2.10. The average molecular weight is 507 g/mol. The summed E-state index contributed by atoms with van der Waals surface area (Å²) in [7, 11) is 0.